The molecule has 1 N–H and O–H groups in total. The lowest BCUT2D eigenvalue weighted by atomic mass is 10.1. The van der Waals surface area contributed by atoms with Crippen molar-refractivity contribution >= 4 is 5.91 Å². The number of aromatic nitrogens is 2. The molecular weight excluding hydrogens is 340 g/mol. The first-order chi connectivity index (χ1) is 13.0. The van der Waals surface area contributed by atoms with Crippen LogP contribution >= 0.6 is 0 Å². The van der Waals surface area contributed by atoms with Crippen LogP contribution in [0.1, 0.15) is 29.7 Å². The molecule has 6 nitrogen and oxygen atoms in total. The van der Waals surface area contributed by atoms with Crippen LogP contribution in [0.15, 0.2) is 29.1 Å². The number of nitrogens with one attached hydrogen (secondary N) is 1. The molecule has 2 heterocycles. The van der Waals surface area contributed by atoms with Crippen molar-refractivity contribution in [1.82, 2.24) is 19.8 Å². The SMILES string of the molecule is Cc1nc(-c2ccc(CN3CCN(C(=O)C4CC4)CC3)cc2)[nH]c(=O)c1C. The van der Waals surface area contributed by atoms with Crippen molar-refractivity contribution in [2.75, 3.05) is 26.2 Å². The van der Waals surface area contributed by atoms with E-state index in [9.17, 15) is 9.59 Å². The number of hydrogen-bond donors (Lipinski definition) is 1. The van der Waals surface area contributed by atoms with E-state index in [-0.39, 0.29) is 5.56 Å². The van der Waals surface area contributed by atoms with Gasteiger partial charge in [-0.3, -0.25) is 14.5 Å². The van der Waals surface area contributed by atoms with Crippen molar-refractivity contribution in [1.29, 1.82) is 0 Å². The molecular formula is C21H26N4O2. The largest absolute Gasteiger partial charge is 0.340 e. The lowest BCUT2D eigenvalue weighted by Crippen LogP contribution is -2.48. The second-order valence-corrected chi connectivity index (χ2v) is 7.70. The van der Waals surface area contributed by atoms with Gasteiger partial charge in [-0.2, -0.15) is 0 Å². The fraction of sp³-hybridized carbons (Fsp3) is 0.476. The van der Waals surface area contributed by atoms with Crippen LogP contribution in [-0.2, 0) is 11.3 Å². The highest BCUT2D eigenvalue weighted by atomic mass is 16.2. The summed E-state index contributed by atoms with van der Waals surface area (Å²) < 4.78 is 0. The molecule has 0 bridgehead atoms. The van der Waals surface area contributed by atoms with Crippen molar-refractivity contribution < 1.29 is 4.79 Å². The third-order valence-electron chi connectivity index (χ3n) is 5.64. The van der Waals surface area contributed by atoms with Crippen molar-refractivity contribution in [3.63, 3.8) is 0 Å². The Balaban J connectivity index is 1.37. The number of aryl methyl sites for hydroxylation is 1. The molecule has 2 fully saturated rings. The number of H-pyrrole nitrogens is 1. The first-order valence-corrected chi connectivity index (χ1v) is 9.69. The third kappa shape index (κ3) is 3.95. The molecule has 1 aromatic carbocycles. The fourth-order valence-electron chi connectivity index (χ4n) is 3.52. The zero-order valence-electron chi connectivity index (χ0n) is 16.0. The van der Waals surface area contributed by atoms with Crippen LogP contribution in [0.3, 0.4) is 0 Å². The molecule has 1 aliphatic heterocycles. The minimum absolute atomic E-state index is 0.0832. The van der Waals surface area contributed by atoms with Crippen molar-refractivity contribution in [3.05, 3.63) is 51.4 Å². The van der Waals surface area contributed by atoms with Crippen LogP contribution in [-0.4, -0.2) is 51.9 Å². The average Bonchev–Trinajstić information content (AvgIpc) is 3.52. The Morgan fingerprint density at radius 1 is 1.11 bits per heavy atom. The normalized spacial score (nSPS) is 17.9. The Labute approximate surface area is 159 Å². The standard InChI is InChI=1S/C21H26N4O2/c1-14-15(2)22-19(23-20(14)26)17-5-3-16(4-6-17)13-24-9-11-25(12-10-24)21(27)18-7-8-18/h3-6,18H,7-13H2,1-2H3,(H,22,23,26). The molecule has 0 unspecified atom stereocenters. The number of carbonyl (C=O) groups excluding carboxylic acids is 1. The number of hydrogen-bond acceptors (Lipinski definition) is 4. The summed E-state index contributed by atoms with van der Waals surface area (Å²) in [5.74, 6) is 1.28. The number of amides is 1. The summed E-state index contributed by atoms with van der Waals surface area (Å²) in [5.41, 5.74) is 3.48. The topological polar surface area (TPSA) is 69.3 Å². The molecule has 6 heteroatoms. The van der Waals surface area contributed by atoms with Gasteiger partial charge >= 0.3 is 0 Å². The number of aromatic amines is 1. The van der Waals surface area contributed by atoms with Gasteiger partial charge in [0.25, 0.3) is 5.56 Å². The molecule has 0 spiro atoms. The number of rotatable bonds is 4. The maximum atomic E-state index is 12.1. The molecule has 2 aromatic rings. The van der Waals surface area contributed by atoms with E-state index in [1.165, 1.54) is 5.56 Å². The summed E-state index contributed by atoms with van der Waals surface area (Å²) >= 11 is 0. The van der Waals surface area contributed by atoms with E-state index < -0.39 is 0 Å². The van der Waals surface area contributed by atoms with E-state index in [4.69, 9.17) is 0 Å². The Kier molecular flexibility index (Phi) is 4.83. The predicted molar refractivity (Wildman–Crippen MR) is 104 cm³/mol. The molecule has 2 aliphatic rings. The molecule has 27 heavy (non-hydrogen) atoms. The zero-order valence-corrected chi connectivity index (χ0v) is 16.0. The molecule has 1 saturated carbocycles. The van der Waals surface area contributed by atoms with Crippen molar-refractivity contribution in [3.8, 4) is 11.4 Å². The maximum Gasteiger partial charge on any atom is 0.254 e. The van der Waals surface area contributed by atoms with Gasteiger partial charge in [-0.25, -0.2) is 4.98 Å². The Morgan fingerprint density at radius 2 is 1.78 bits per heavy atom. The number of carbonyl (C=O) groups is 1. The van der Waals surface area contributed by atoms with Gasteiger partial charge < -0.3 is 9.88 Å². The molecule has 4 rings (SSSR count). The van der Waals surface area contributed by atoms with E-state index in [0.29, 0.717) is 23.2 Å². The Morgan fingerprint density at radius 3 is 2.37 bits per heavy atom. The molecule has 0 atom stereocenters. The summed E-state index contributed by atoms with van der Waals surface area (Å²) in [7, 11) is 0. The molecule has 0 radical (unpaired) electrons. The minimum Gasteiger partial charge on any atom is -0.340 e. The summed E-state index contributed by atoms with van der Waals surface area (Å²) in [6.45, 7) is 8.03. The maximum absolute atomic E-state index is 12.1. The van der Waals surface area contributed by atoms with Crippen molar-refractivity contribution in [2.45, 2.75) is 33.2 Å². The average molecular weight is 366 g/mol. The Hall–Kier alpha value is -2.47. The molecule has 142 valence electrons. The third-order valence-corrected chi connectivity index (χ3v) is 5.64. The summed E-state index contributed by atoms with van der Waals surface area (Å²) in [6.07, 6.45) is 2.15. The van der Waals surface area contributed by atoms with E-state index >= 15 is 0 Å². The summed E-state index contributed by atoms with van der Waals surface area (Å²) in [4.78, 5) is 35.9. The van der Waals surface area contributed by atoms with Crippen LogP contribution in [0.25, 0.3) is 11.4 Å². The number of nitrogens with zero attached hydrogens (tertiary/aromatic N) is 3. The van der Waals surface area contributed by atoms with Gasteiger partial charge in [0, 0.05) is 55.5 Å². The van der Waals surface area contributed by atoms with Gasteiger partial charge in [-0.15, -0.1) is 0 Å². The summed E-state index contributed by atoms with van der Waals surface area (Å²) in [5, 5.41) is 0. The van der Waals surface area contributed by atoms with Crippen molar-refractivity contribution in [2.24, 2.45) is 5.92 Å². The van der Waals surface area contributed by atoms with Crippen LogP contribution in [0.4, 0.5) is 0 Å². The molecule has 1 saturated heterocycles. The molecule has 1 amide bonds. The Bertz CT molecular complexity index is 891. The van der Waals surface area contributed by atoms with Gasteiger partial charge in [-0.1, -0.05) is 24.3 Å². The van der Waals surface area contributed by atoms with Gasteiger partial charge in [0.05, 0.1) is 0 Å². The second-order valence-electron chi connectivity index (χ2n) is 7.70. The van der Waals surface area contributed by atoms with Crippen LogP contribution in [0, 0.1) is 19.8 Å². The van der Waals surface area contributed by atoms with E-state index in [2.05, 4.69) is 27.0 Å². The highest BCUT2D eigenvalue weighted by Crippen LogP contribution is 2.31. The zero-order chi connectivity index (χ0) is 19.0. The molecule has 1 aliphatic carbocycles. The molecule has 1 aromatic heterocycles. The van der Waals surface area contributed by atoms with Crippen LogP contribution in [0.2, 0.25) is 0 Å². The fourth-order valence-corrected chi connectivity index (χ4v) is 3.52. The highest BCUT2D eigenvalue weighted by molar-refractivity contribution is 5.81. The number of benzene rings is 1. The van der Waals surface area contributed by atoms with E-state index in [0.717, 1.165) is 56.8 Å². The van der Waals surface area contributed by atoms with Gasteiger partial charge in [0.2, 0.25) is 5.91 Å². The highest BCUT2D eigenvalue weighted by Gasteiger charge is 2.34. The van der Waals surface area contributed by atoms with E-state index in [1.807, 2.05) is 24.0 Å². The van der Waals surface area contributed by atoms with Gasteiger partial charge in [-0.05, 0) is 32.3 Å². The van der Waals surface area contributed by atoms with E-state index in [1.54, 1.807) is 6.92 Å². The lowest BCUT2D eigenvalue weighted by molar-refractivity contribution is -0.134. The summed E-state index contributed by atoms with van der Waals surface area (Å²) in [6, 6.07) is 8.20. The van der Waals surface area contributed by atoms with Crippen LogP contribution < -0.4 is 5.56 Å². The first kappa shape index (κ1) is 17.9. The predicted octanol–water partition coefficient (Wildman–Crippen LogP) is 2.11. The second kappa shape index (κ2) is 7.27. The number of piperazine rings is 1. The smallest absolute Gasteiger partial charge is 0.254 e. The quantitative estimate of drug-likeness (QED) is 0.900. The first-order valence-electron chi connectivity index (χ1n) is 9.69. The lowest BCUT2D eigenvalue weighted by Gasteiger charge is -2.35. The minimum atomic E-state index is -0.0832. The van der Waals surface area contributed by atoms with Gasteiger partial charge in [0.1, 0.15) is 5.82 Å². The monoisotopic (exact) mass is 366 g/mol. The van der Waals surface area contributed by atoms with Gasteiger partial charge in [0.15, 0.2) is 0 Å². The van der Waals surface area contributed by atoms with Crippen LogP contribution in [0.5, 0.6) is 0 Å².